The van der Waals surface area contributed by atoms with E-state index in [1.807, 2.05) is 0 Å². The third-order valence-electron chi connectivity index (χ3n) is 5.41. The lowest BCUT2D eigenvalue weighted by molar-refractivity contribution is -0.144. The molecule has 6 nitrogen and oxygen atoms in total. The third kappa shape index (κ3) is 2.86. The van der Waals surface area contributed by atoms with Crippen LogP contribution in [0.4, 0.5) is 13.2 Å². The van der Waals surface area contributed by atoms with Gasteiger partial charge in [-0.05, 0) is 31.7 Å². The molecule has 0 aromatic carbocycles. The highest BCUT2D eigenvalue weighted by atomic mass is 32.1. The summed E-state index contributed by atoms with van der Waals surface area (Å²) >= 11 is 1.36. The van der Waals surface area contributed by atoms with Crippen LogP contribution in [0.5, 0.6) is 0 Å². The first-order valence-corrected chi connectivity index (χ1v) is 9.97. The monoisotopic (exact) mass is 410 g/mol. The van der Waals surface area contributed by atoms with Gasteiger partial charge in [-0.3, -0.25) is 13.9 Å². The van der Waals surface area contributed by atoms with Crippen LogP contribution in [0.15, 0.2) is 16.9 Å². The number of aromatic nitrogens is 4. The molecule has 0 spiro atoms. The summed E-state index contributed by atoms with van der Waals surface area (Å²) in [5.74, 6) is -0.00255. The molecule has 10 heteroatoms. The second-order valence-electron chi connectivity index (χ2n) is 7.42. The fourth-order valence-electron chi connectivity index (χ4n) is 3.89. The molecular weight excluding hydrogens is 393 g/mol. The van der Waals surface area contributed by atoms with Gasteiger partial charge in [0.05, 0.1) is 24.5 Å². The molecule has 0 aliphatic heterocycles. The van der Waals surface area contributed by atoms with Crippen LogP contribution >= 0.6 is 11.3 Å². The van der Waals surface area contributed by atoms with Crippen molar-refractivity contribution >= 4 is 16.3 Å². The molecule has 1 atom stereocenters. The first-order chi connectivity index (χ1) is 13.3. The Morgan fingerprint density at radius 1 is 1.25 bits per heavy atom. The molecule has 3 aromatic rings. The van der Waals surface area contributed by atoms with Crippen molar-refractivity contribution in [2.45, 2.75) is 50.2 Å². The van der Waals surface area contributed by atoms with E-state index in [4.69, 9.17) is 0 Å². The van der Waals surface area contributed by atoms with Crippen LogP contribution < -0.4 is 5.56 Å². The summed E-state index contributed by atoms with van der Waals surface area (Å²) in [4.78, 5) is 18.6. The molecule has 1 unspecified atom stereocenters. The molecule has 2 aliphatic carbocycles. The SMILES string of the molecule is O=c1cc(Cn2nc(C3CC3)cc2C(F)(F)F)nc2sc3c(n12)C(CO)CC3. The van der Waals surface area contributed by atoms with Crippen LogP contribution in [0.2, 0.25) is 0 Å². The number of alkyl halides is 3. The number of rotatable bonds is 4. The summed E-state index contributed by atoms with van der Waals surface area (Å²) in [7, 11) is 0. The predicted octanol–water partition coefficient (Wildman–Crippen LogP) is 2.92. The highest BCUT2D eigenvalue weighted by Crippen LogP contribution is 2.42. The smallest absolute Gasteiger partial charge is 0.396 e. The average Bonchev–Trinajstić information content (AvgIpc) is 3.09. The Bertz CT molecular complexity index is 1130. The van der Waals surface area contributed by atoms with Crippen molar-refractivity contribution in [3.05, 3.63) is 50.1 Å². The van der Waals surface area contributed by atoms with Crippen molar-refractivity contribution < 1.29 is 18.3 Å². The quantitative estimate of drug-likeness (QED) is 0.718. The fraction of sp³-hybridized carbons (Fsp3) is 0.500. The zero-order valence-electron chi connectivity index (χ0n) is 14.7. The lowest BCUT2D eigenvalue weighted by Crippen LogP contribution is -2.21. The van der Waals surface area contributed by atoms with Gasteiger partial charge in [0.1, 0.15) is 5.69 Å². The minimum atomic E-state index is -4.52. The van der Waals surface area contributed by atoms with Crippen LogP contribution in [0.1, 0.15) is 58.8 Å². The summed E-state index contributed by atoms with van der Waals surface area (Å²) in [5, 5.41) is 13.7. The van der Waals surface area contributed by atoms with Crippen LogP contribution in [0, 0.1) is 0 Å². The summed E-state index contributed by atoms with van der Waals surface area (Å²) in [6.45, 7) is -0.251. The number of aliphatic hydroxyl groups excluding tert-OH is 1. The molecule has 0 radical (unpaired) electrons. The number of thiazole rings is 1. The number of hydrogen-bond donors (Lipinski definition) is 1. The molecule has 0 saturated heterocycles. The summed E-state index contributed by atoms with van der Waals surface area (Å²) in [5.41, 5.74) is 0.344. The Labute approximate surface area is 161 Å². The third-order valence-corrected chi connectivity index (χ3v) is 6.52. The molecule has 3 heterocycles. The molecule has 1 fully saturated rings. The van der Waals surface area contributed by atoms with Gasteiger partial charge in [-0.1, -0.05) is 0 Å². The van der Waals surface area contributed by atoms with E-state index >= 15 is 0 Å². The van der Waals surface area contributed by atoms with E-state index < -0.39 is 11.9 Å². The van der Waals surface area contributed by atoms with Crippen molar-refractivity contribution in [3.63, 3.8) is 0 Å². The Balaban J connectivity index is 1.56. The van der Waals surface area contributed by atoms with E-state index in [1.165, 1.54) is 21.8 Å². The molecule has 1 N–H and O–H groups in total. The van der Waals surface area contributed by atoms with Crippen molar-refractivity contribution in [1.82, 2.24) is 19.2 Å². The predicted molar refractivity (Wildman–Crippen MR) is 95.8 cm³/mol. The highest BCUT2D eigenvalue weighted by Gasteiger charge is 2.38. The molecule has 3 aromatic heterocycles. The number of aliphatic hydroxyl groups is 1. The van der Waals surface area contributed by atoms with Crippen molar-refractivity contribution in [2.24, 2.45) is 0 Å². The largest absolute Gasteiger partial charge is 0.433 e. The first-order valence-electron chi connectivity index (χ1n) is 9.15. The van der Waals surface area contributed by atoms with E-state index in [0.717, 1.165) is 47.0 Å². The highest BCUT2D eigenvalue weighted by molar-refractivity contribution is 7.17. The number of nitrogens with zero attached hydrogens (tertiary/aromatic N) is 4. The molecule has 0 bridgehead atoms. The van der Waals surface area contributed by atoms with E-state index in [0.29, 0.717) is 10.7 Å². The molecule has 1 saturated carbocycles. The zero-order chi connectivity index (χ0) is 19.6. The Morgan fingerprint density at radius 3 is 2.71 bits per heavy atom. The second kappa shape index (κ2) is 6.15. The number of halogens is 3. The maximum absolute atomic E-state index is 13.4. The summed E-state index contributed by atoms with van der Waals surface area (Å²) < 4.78 is 42.6. The molecule has 148 valence electrons. The van der Waals surface area contributed by atoms with Gasteiger partial charge in [-0.15, -0.1) is 11.3 Å². The molecule has 0 amide bonds. The van der Waals surface area contributed by atoms with Gasteiger partial charge in [0.15, 0.2) is 4.96 Å². The maximum atomic E-state index is 13.4. The van der Waals surface area contributed by atoms with Crippen LogP contribution in [0.25, 0.3) is 4.96 Å². The standard InChI is InChI=1S/C18H17F3N4O2S/c19-18(20,21)14-6-12(9-1-2-9)23-24(14)7-11-5-15(27)25-16-10(8-26)3-4-13(16)28-17(25)22-11/h5-6,9-10,26H,1-4,7-8H2. The number of hydrogen-bond acceptors (Lipinski definition) is 5. The molecule has 2 aliphatic rings. The van der Waals surface area contributed by atoms with Crippen molar-refractivity contribution in [1.29, 1.82) is 0 Å². The summed E-state index contributed by atoms with van der Waals surface area (Å²) in [6.07, 6.45) is -1.25. The second-order valence-corrected chi connectivity index (χ2v) is 8.48. The van der Waals surface area contributed by atoms with Gasteiger partial charge in [-0.25, -0.2) is 4.98 Å². The van der Waals surface area contributed by atoms with E-state index in [2.05, 4.69) is 10.1 Å². The normalized spacial score (nSPS) is 19.5. The van der Waals surface area contributed by atoms with Crippen LogP contribution in [0.3, 0.4) is 0 Å². The zero-order valence-corrected chi connectivity index (χ0v) is 15.6. The van der Waals surface area contributed by atoms with Gasteiger partial charge < -0.3 is 5.11 Å². The summed E-state index contributed by atoms with van der Waals surface area (Å²) in [6, 6.07) is 2.37. The van der Waals surface area contributed by atoms with Gasteiger partial charge >= 0.3 is 6.18 Å². The maximum Gasteiger partial charge on any atom is 0.433 e. The average molecular weight is 410 g/mol. The van der Waals surface area contributed by atoms with Crippen molar-refractivity contribution in [3.8, 4) is 0 Å². The van der Waals surface area contributed by atoms with Crippen molar-refractivity contribution in [2.75, 3.05) is 6.61 Å². The van der Waals surface area contributed by atoms with Crippen LogP contribution in [-0.4, -0.2) is 30.9 Å². The Hall–Kier alpha value is -2.20. The minimum absolute atomic E-state index is 0.0425. The molecule has 5 rings (SSSR count). The first kappa shape index (κ1) is 17.9. The lowest BCUT2D eigenvalue weighted by atomic mass is 10.1. The van der Waals surface area contributed by atoms with E-state index in [-0.39, 0.29) is 36.2 Å². The van der Waals surface area contributed by atoms with Crippen LogP contribution in [-0.2, 0) is 19.1 Å². The lowest BCUT2D eigenvalue weighted by Gasteiger charge is -2.10. The van der Waals surface area contributed by atoms with E-state index in [9.17, 15) is 23.1 Å². The Kier molecular flexibility index (Phi) is 3.92. The molecule has 28 heavy (non-hydrogen) atoms. The number of fused-ring (bicyclic) bond motifs is 3. The topological polar surface area (TPSA) is 72.4 Å². The number of aryl methyl sites for hydroxylation is 1. The van der Waals surface area contributed by atoms with Gasteiger partial charge in [0.2, 0.25) is 0 Å². The fourth-order valence-corrected chi connectivity index (χ4v) is 5.14. The Morgan fingerprint density at radius 2 is 2.04 bits per heavy atom. The van der Waals surface area contributed by atoms with Gasteiger partial charge in [-0.2, -0.15) is 18.3 Å². The van der Waals surface area contributed by atoms with Gasteiger partial charge in [0.25, 0.3) is 5.56 Å². The molecular formula is C18H17F3N4O2S. The minimum Gasteiger partial charge on any atom is -0.396 e. The van der Waals surface area contributed by atoms with E-state index in [1.54, 1.807) is 0 Å². The van der Waals surface area contributed by atoms with Gasteiger partial charge in [0, 0.05) is 28.5 Å².